The van der Waals surface area contributed by atoms with E-state index in [1.54, 1.807) is 50.3 Å². The Bertz CT molecular complexity index is 690. The Morgan fingerprint density at radius 1 is 1.26 bits per heavy atom. The van der Waals surface area contributed by atoms with E-state index in [2.05, 4.69) is 0 Å². The molecule has 1 saturated heterocycles. The zero-order chi connectivity index (χ0) is 20.2. The topological polar surface area (TPSA) is 65.1 Å². The first-order valence-electron chi connectivity index (χ1n) is 9.10. The Kier molecular flexibility index (Phi) is 6.31. The predicted octanol–water partition coefficient (Wildman–Crippen LogP) is 4.16. The summed E-state index contributed by atoms with van der Waals surface area (Å²) in [6.45, 7) is 11.1. The number of hydrogen-bond acceptors (Lipinski definition) is 5. The van der Waals surface area contributed by atoms with E-state index in [0.29, 0.717) is 5.56 Å². The van der Waals surface area contributed by atoms with Gasteiger partial charge in [0, 0.05) is 0 Å². The Balaban J connectivity index is 2.26. The van der Waals surface area contributed by atoms with Crippen LogP contribution in [-0.2, 0) is 14.2 Å². The highest BCUT2D eigenvalue weighted by atomic mass is 16.6. The zero-order valence-corrected chi connectivity index (χ0v) is 16.9. The minimum absolute atomic E-state index is 0.239. The molecule has 1 unspecified atom stereocenters. The Hall–Kier alpha value is -2.34. The molecule has 1 heterocycles. The van der Waals surface area contributed by atoms with E-state index < -0.39 is 35.5 Å². The minimum atomic E-state index is -0.869. The fourth-order valence-electron chi connectivity index (χ4n) is 2.94. The van der Waals surface area contributed by atoms with Gasteiger partial charge in [0.15, 0.2) is 0 Å². The molecule has 0 bridgehead atoms. The van der Waals surface area contributed by atoms with E-state index in [-0.39, 0.29) is 6.61 Å². The monoisotopic (exact) mass is 375 g/mol. The van der Waals surface area contributed by atoms with Crippen LogP contribution in [0.25, 0.3) is 0 Å². The number of hydrogen-bond donors (Lipinski definition) is 0. The first-order valence-corrected chi connectivity index (χ1v) is 9.10. The SMILES string of the molecule is C/C=C/C(OC(=O)c1ccccc1)[C@@H]1COC(C)(C)N1C(=O)OC(C)(C)C. The van der Waals surface area contributed by atoms with Crippen LogP contribution in [0.2, 0.25) is 0 Å². The number of rotatable bonds is 4. The second-order valence-electron chi connectivity index (χ2n) is 7.94. The fraction of sp³-hybridized carbons (Fsp3) is 0.524. The van der Waals surface area contributed by atoms with Crippen LogP contribution >= 0.6 is 0 Å². The van der Waals surface area contributed by atoms with Crippen LogP contribution in [0.3, 0.4) is 0 Å². The number of ether oxygens (including phenoxy) is 3. The van der Waals surface area contributed by atoms with Crippen molar-refractivity contribution in [3.8, 4) is 0 Å². The Morgan fingerprint density at radius 3 is 2.44 bits per heavy atom. The van der Waals surface area contributed by atoms with E-state index in [1.807, 2.05) is 33.8 Å². The second-order valence-corrected chi connectivity index (χ2v) is 7.94. The summed E-state index contributed by atoms with van der Waals surface area (Å²) in [5.41, 5.74) is -1.06. The molecule has 6 heteroatoms. The van der Waals surface area contributed by atoms with Gasteiger partial charge in [-0.25, -0.2) is 9.59 Å². The number of esters is 1. The largest absolute Gasteiger partial charge is 0.452 e. The average Bonchev–Trinajstić information content (AvgIpc) is 2.89. The van der Waals surface area contributed by atoms with Gasteiger partial charge in [0.1, 0.15) is 23.5 Å². The number of benzene rings is 1. The quantitative estimate of drug-likeness (QED) is 0.584. The van der Waals surface area contributed by atoms with Crippen LogP contribution in [0.1, 0.15) is 51.9 Å². The van der Waals surface area contributed by atoms with E-state index in [1.165, 1.54) is 4.90 Å². The van der Waals surface area contributed by atoms with E-state index in [0.717, 1.165) is 0 Å². The summed E-state index contributed by atoms with van der Waals surface area (Å²) in [5, 5.41) is 0. The van der Waals surface area contributed by atoms with Gasteiger partial charge in [-0.05, 0) is 59.8 Å². The van der Waals surface area contributed by atoms with Crippen LogP contribution in [-0.4, -0.2) is 47.0 Å². The average molecular weight is 375 g/mol. The Morgan fingerprint density at radius 2 is 1.89 bits per heavy atom. The van der Waals surface area contributed by atoms with Crippen molar-refractivity contribution in [3.63, 3.8) is 0 Å². The molecule has 6 nitrogen and oxygen atoms in total. The summed E-state index contributed by atoms with van der Waals surface area (Å²) >= 11 is 0. The molecule has 0 radical (unpaired) electrons. The van der Waals surface area contributed by atoms with Crippen LogP contribution in [0.5, 0.6) is 0 Å². The highest BCUT2D eigenvalue weighted by molar-refractivity contribution is 5.89. The summed E-state index contributed by atoms with van der Waals surface area (Å²) in [7, 11) is 0. The first-order chi connectivity index (χ1) is 12.5. The molecule has 2 rings (SSSR count). The van der Waals surface area contributed by atoms with E-state index in [9.17, 15) is 9.59 Å². The molecule has 1 aliphatic heterocycles. The van der Waals surface area contributed by atoms with Gasteiger partial charge in [0.2, 0.25) is 0 Å². The molecule has 1 fully saturated rings. The predicted molar refractivity (Wildman–Crippen MR) is 102 cm³/mol. The van der Waals surface area contributed by atoms with Crippen molar-refractivity contribution >= 4 is 12.1 Å². The molecule has 0 aromatic heterocycles. The van der Waals surface area contributed by atoms with Crippen molar-refractivity contribution < 1.29 is 23.8 Å². The summed E-state index contributed by atoms with van der Waals surface area (Å²) in [4.78, 5) is 26.8. The van der Waals surface area contributed by atoms with Crippen molar-refractivity contribution in [1.82, 2.24) is 4.90 Å². The zero-order valence-electron chi connectivity index (χ0n) is 16.9. The van der Waals surface area contributed by atoms with Gasteiger partial charge in [-0.2, -0.15) is 0 Å². The van der Waals surface area contributed by atoms with Gasteiger partial charge < -0.3 is 14.2 Å². The summed E-state index contributed by atoms with van der Waals surface area (Å²) in [6, 6.07) is 8.27. The van der Waals surface area contributed by atoms with Crippen molar-refractivity contribution in [2.45, 2.75) is 65.0 Å². The number of nitrogens with zero attached hydrogens (tertiary/aromatic N) is 1. The molecule has 148 valence electrons. The molecule has 0 spiro atoms. The van der Waals surface area contributed by atoms with Gasteiger partial charge in [-0.1, -0.05) is 24.3 Å². The van der Waals surface area contributed by atoms with E-state index >= 15 is 0 Å². The minimum Gasteiger partial charge on any atom is -0.452 e. The molecular formula is C21H29NO5. The van der Waals surface area contributed by atoms with Crippen LogP contribution < -0.4 is 0 Å². The number of carbonyl (C=O) groups excluding carboxylic acids is 2. The molecule has 0 N–H and O–H groups in total. The third-order valence-corrected chi connectivity index (χ3v) is 4.12. The standard InChI is InChI=1S/C21H29NO5/c1-7-11-17(26-18(23)15-12-9-8-10-13-15)16-14-25-21(5,6)22(16)19(24)27-20(2,3)4/h7-13,16-17H,14H2,1-6H3/b11-7+/t16-,17?/m0/s1. The maximum atomic E-state index is 12.8. The molecule has 1 aromatic carbocycles. The van der Waals surface area contributed by atoms with Crippen molar-refractivity contribution in [1.29, 1.82) is 0 Å². The van der Waals surface area contributed by atoms with Gasteiger partial charge in [0.05, 0.1) is 12.2 Å². The smallest absolute Gasteiger partial charge is 0.413 e. The molecule has 1 aliphatic rings. The molecule has 2 atom stereocenters. The van der Waals surface area contributed by atoms with Gasteiger partial charge in [-0.15, -0.1) is 0 Å². The Labute approximate surface area is 161 Å². The van der Waals surface area contributed by atoms with Crippen LogP contribution in [0.4, 0.5) is 4.79 Å². The van der Waals surface area contributed by atoms with Gasteiger partial charge in [0.25, 0.3) is 0 Å². The first kappa shape index (κ1) is 21.0. The summed E-state index contributed by atoms with van der Waals surface area (Å²) in [5.74, 6) is -0.451. The highest BCUT2D eigenvalue weighted by Gasteiger charge is 2.49. The lowest BCUT2D eigenvalue weighted by molar-refractivity contribution is -0.0671. The fourth-order valence-corrected chi connectivity index (χ4v) is 2.94. The third-order valence-electron chi connectivity index (χ3n) is 4.12. The van der Waals surface area contributed by atoms with Crippen molar-refractivity contribution in [3.05, 3.63) is 48.0 Å². The molecule has 0 saturated carbocycles. The summed E-state index contributed by atoms with van der Waals surface area (Å²) in [6.07, 6.45) is 2.40. The van der Waals surface area contributed by atoms with Crippen LogP contribution in [0, 0.1) is 0 Å². The van der Waals surface area contributed by atoms with E-state index in [4.69, 9.17) is 14.2 Å². The lowest BCUT2D eigenvalue weighted by Crippen LogP contribution is -2.53. The lowest BCUT2D eigenvalue weighted by atomic mass is 10.1. The number of allylic oxidation sites excluding steroid dienone is 1. The molecule has 0 aliphatic carbocycles. The highest BCUT2D eigenvalue weighted by Crippen LogP contribution is 2.32. The third kappa shape index (κ3) is 5.32. The lowest BCUT2D eigenvalue weighted by Gasteiger charge is -2.36. The molecular weight excluding hydrogens is 346 g/mol. The summed E-state index contributed by atoms with van der Waals surface area (Å²) < 4.78 is 17.1. The maximum absolute atomic E-state index is 12.8. The molecule has 27 heavy (non-hydrogen) atoms. The number of amides is 1. The molecule has 1 amide bonds. The van der Waals surface area contributed by atoms with Gasteiger partial charge >= 0.3 is 12.1 Å². The van der Waals surface area contributed by atoms with Gasteiger partial charge in [-0.3, -0.25) is 4.90 Å². The second kappa shape index (κ2) is 8.13. The van der Waals surface area contributed by atoms with Crippen molar-refractivity contribution in [2.24, 2.45) is 0 Å². The normalized spacial score (nSPS) is 20.5. The van der Waals surface area contributed by atoms with Crippen LogP contribution in [0.15, 0.2) is 42.5 Å². The molecule has 1 aromatic rings. The van der Waals surface area contributed by atoms with Crippen molar-refractivity contribution in [2.75, 3.05) is 6.61 Å². The number of carbonyl (C=O) groups is 2. The maximum Gasteiger partial charge on any atom is 0.413 e.